The fourth-order valence-corrected chi connectivity index (χ4v) is 2.28. The quantitative estimate of drug-likeness (QED) is 0.747. The summed E-state index contributed by atoms with van der Waals surface area (Å²) in [7, 11) is -3.35. The van der Waals surface area contributed by atoms with Crippen LogP contribution in [0.25, 0.3) is 0 Å². The van der Waals surface area contributed by atoms with Crippen LogP contribution in [0.5, 0.6) is 5.75 Å². The Kier molecular flexibility index (Phi) is 6.24. The number of hydrogen-bond acceptors (Lipinski definition) is 3. The lowest BCUT2D eigenvalue weighted by Gasteiger charge is -2.08. The highest BCUT2D eigenvalue weighted by Crippen LogP contribution is 2.19. The van der Waals surface area contributed by atoms with E-state index >= 15 is 0 Å². The minimum absolute atomic E-state index is 0.0143. The highest BCUT2D eigenvalue weighted by atomic mass is 32.2. The Bertz CT molecular complexity index is 503. The van der Waals surface area contributed by atoms with Gasteiger partial charge in [-0.15, -0.1) is 0 Å². The number of halogens is 1. The molecule has 0 unspecified atom stereocenters. The molecule has 0 atom stereocenters. The van der Waals surface area contributed by atoms with Crippen LogP contribution >= 0.6 is 0 Å². The van der Waals surface area contributed by atoms with Crippen LogP contribution in [0.3, 0.4) is 0 Å². The lowest BCUT2D eigenvalue weighted by Crippen LogP contribution is -2.16. The number of benzene rings is 1. The molecule has 0 aliphatic rings. The molecule has 0 aromatic heterocycles. The molecular weight excluding hydrogens is 269 g/mol. The van der Waals surface area contributed by atoms with Crippen LogP contribution in [0.15, 0.2) is 18.2 Å². The molecule has 108 valence electrons. The summed E-state index contributed by atoms with van der Waals surface area (Å²) in [6, 6.07) is 5.04. The zero-order valence-electron chi connectivity index (χ0n) is 11.1. The predicted molar refractivity (Wildman–Crippen MR) is 73.1 cm³/mol. The van der Waals surface area contributed by atoms with Crippen molar-refractivity contribution in [2.75, 3.05) is 12.4 Å². The molecule has 0 radical (unpaired) electrons. The van der Waals surface area contributed by atoms with Crippen LogP contribution in [0.2, 0.25) is 0 Å². The summed E-state index contributed by atoms with van der Waals surface area (Å²) in [5.74, 6) is -0.0401. The van der Waals surface area contributed by atoms with Gasteiger partial charge < -0.3 is 4.74 Å². The first kappa shape index (κ1) is 15.9. The van der Waals surface area contributed by atoms with Crippen molar-refractivity contribution < 1.29 is 17.5 Å². The Morgan fingerprint density at radius 3 is 2.58 bits per heavy atom. The Balaban J connectivity index is 2.16. The molecule has 0 heterocycles. The second-order valence-electron chi connectivity index (χ2n) is 4.52. The Morgan fingerprint density at radius 1 is 1.21 bits per heavy atom. The fourth-order valence-electron chi connectivity index (χ4n) is 1.67. The maximum Gasteiger partial charge on any atom is 0.209 e. The molecule has 0 amide bonds. The van der Waals surface area contributed by atoms with Gasteiger partial charge in [-0.25, -0.2) is 17.9 Å². The minimum Gasteiger partial charge on any atom is -0.491 e. The molecule has 0 fully saturated rings. The third-order valence-electron chi connectivity index (χ3n) is 2.74. The van der Waals surface area contributed by atoms with E-state index in [1.807, 2.05) is 0 Å². The second kappa shape index (κ2) is 7.45. The van der Waals surface area contributed by atoms with Gasteiger partial charge in [0, 0.05) is 0 Å². The summed E-state index contributed by atoms with van der Waals surface area (Å²) < 4.78 is 40.3. The molecule has 6 heteroatoms. The third kappa shape index (κ3) is 6.54. The number of unbranched alkanes of at least 4 members (excludes halogenated alkanes) is 3. The van der Waals surface area contributed by atoms with Crippen molar-refractivity contribution in [2.24, 2.45) is 5.14 Å². The molecule has 0 saturated carbocycles. The molecule has 1 rings (SSSR count). The molecular formula is C13H20FNO3S. The summed E-state index contributed by atoms with van der Waals surface area (Å²) >= 11 is 0. The van der Waals surface area contributed by atoms with E-state index in [2.05, 4.69) is 0 Å². The lowest BCUT2D eigenvalue weighted by atomic mass is 10.2. The van der Waals surface area contributed by atoms with Gasteiger partial charge in [-0.05, 0) is 31.4 Å². The molecule has 2 N–H and O–H groups in total. The van der Waals surface area contributed by atoms with E-state index in [9.17, 15) is 12.8 Å². The lowest BCUT2D eigenvalue weighted by molar-refractivity contribution is 0.290. The standard InChI is InChI=1S/C13H20FNO3S/c1-11-7-6-8-12(13(11)14)18-9-4-2-3-5-10-19(15,16)17/h6-8H,2-5,9-10H2,1H3,(H2,15,16,17). The van der Waals surface area contributed by atoms with Crippen molar-refractivity contribution in [3.05, 3.63) is 29.6 Å². The van der Waals surface area contributed by atoms with Crippen molar-refractivity contribution in [2.45, 2.75) is 32.6 Å². The molecule has 0 spiro atoms. The van der Waals surface area contributed by atoms with Crippen LogP contribution in [0, 0.1) is 12.7 Å². The van der Waals surface area contributed by atoms with Gasteiger partial charge in [0.1, 0.15) is 0 Å². The number of nitrogens with two attached hydrogens (primary N) is 1. The van der Waals surface area contributed by atoms with E-state index < -0.39 is 10.0 Å². The molecule has 4 nitrogen and oxygen atoms in total. The van der Waals surface area contributed by atoms with Gasteiger partial charge in [0.25, 0.3) is 0 Å². The number of rotatable bonds is 8. The van der Waals surface area contributed by atoms with Crippen LogP contribution in [0.1, 0.15) is 31.2 Å². The Morgan fingerprint density at radius 2 is 1.89 bits per heavy atom. The van der Waals surface area contributed by atoms with E-state index in [4.69, 9.17) is 9.88 Å². The normalized spacial score (nSPS) is 11.5. The summed E-state index contributed by atoms with van der Waals surface area (Å²) in [6.45, 7) is 2.12. The fraction of sp³-hybridized carbons (Fsp3) is 0.538. The van der Waals surface area contributed by atoms with E-state index in [1.165, 1.54) is 0 Å². The average Bonchev–Trinajstić information content (AvgIpc) is 2.31. The Labute approximate surface area is 113 Å². The van der Waals surface area contributed by atoms with Crippen LogP contribution < -0.4 is 9.88 Å². The first-order valence-electron chi connectivity index (χ1n) is 6.28. The van der Waals surface area contributed by atoms with Crippen molar-refractivity contribution in [1.82, 2.24) is 0 Å². The van der Waals surface area contributed by atoms with Crippen LogP contribution in [0.4, 0.5) is 4.39 Å². The van der Waals surface area contributed by atoms with Crippen LogP contribution in [-0.2, 0) is 10.0 Å². The van der Waals surface area contributed by atoms with E-state index in [0.717, 1.165) is 19.3 Å². The monoisotopic (exact) mass is 289 g/mol. The summed E-state index contributed by atoms with van der Waals surface area (Å²) in [4.78, 5) is 0. The maximum absolute atomic E-state index is 13.6. The van der Waals surface area contributed by atoms with Crippen LogP contribution in [-0.4, -0.2) is 20.8 Å². The first-order valence-corrected chi connectivity index (χ1v) is 8.00. The van der Waals surface area contributed by atoms with E-state index in [-0.39, 0.29) is 17.3 Å². The zero-order chi connectivity index (χ0) is 14.3. The summed E-state index contributed by atoms with van der Waals surface area (Å²) in [5.41, 5.74) is 0.561. The van der Waals surface area contributed by atoms with E-state index in [0.29, 0.717) is 18.6 Å². The topological polar surface area (TPSA) is 69.4 Å². The van der Waals surface area contributed by atoms with Gasteiger partial charge in [0.2, 0.25) is 10.0 Å². The Hall–Kier alpha value is -1.14. The number of ether oxygens (including phenoxy) is 1. The molecule has 0 aliphatic carbocycles. The SMILES string of the molecule is Cc1cccc(OCCCCCCS(N)(=O)=O)c1F. The number of aryl methyl sites for hydroxylation is 1. The number of hydrogen-bond donors (Lipinski definition) is 1. The zero-order valence-corrected chi connectivity index (χ0v) is 11.9. The molecule has 0 aliphatic heterocycles. The highest BCUT2D eigenvalue weighted by molar-refractivity contribution is 7.89. The highest BCUT2D eigenvalue weighted by Gasteiger charge is 2.05. The molecule has 1 aromatic rings. The van der Waals surface area contributed by atoms with Crippen molar-refractivity contribution >= 4 is 10.0 Å². The summed E-state index contributed by atoms with van der Waals surface area (Å²) in [5, 5.41) is 4.89. The molecule has 0 saturated heterocycles. The van der Waals surface area contributed by atoms with Gasteiger partial charge in [-0.3, -0.25) is 0 Å². The third-order valence-corrected chi connectivity index (χ3v) is 3.59. The molecule has 1 aromatic carbocycles. The largest absolute Gasteiger partial charge is 0.491 e. The predicted octanol–water partition coefficient (Wildman–Crippen LogP) is 2.36. The first-order chi connectivity index (χ1) is 8.90. The van der Waals surface area contributed by atoms with Gasteiger partial charge in [-0.1, -0.05) is 25.0 Å². The van der Waals surface area contributed by atoms with Crippen molar-refractivity contribution in [3.8, 4) is 5.75 Å². The second-order valence-corrected chi connectivity index (χ2v) is 6.25. The summed E-state index contributed by atoms with van der Waals surface area (Å²) in [6.07, 6.45) is 2.93. The van der Waals surface area contributed by atoms with Crippen molar-refractivity contribution in [1.29, 1.82) is 0 Å². The molecule has 19 heavy (non-hydrogen) atoms. The van der Waals surface area contributed by atoms with Gasteiger partial charge in [0.05, 0.1) is 12.4 Å². The maximum atomic E-state index is 13.6. The van der Waals surface area contributed by atoms with Gasteiger partial charge in [-0.2, -0.15) is 0 Å². The average molecular weight is 289 g/mol. The van der Waals surface area contributed by atoms with Gasteiger partial charge >= 0.3 is 0 Å². The number of primary sulfonamides is 1. The van der Waals surface area contributed by atoms with Gasteiger partial charge in [0.15, 0.2) is 11.6 Å². The number of sulfonamides is 1. The smallest absolute Gasteiger partial charge is 0.209 e. The minimum atomic E-state index is -3.35. The molecule has 0 bridgehead atoms. The van der Waals surface area contributed by atoms with E-state index in [1.54, 1.807) is 25.1 Å². The van der Waals surface area contributed by atoms with Crippen molar-refractivity contribution in [3.63, 3.8) is 0 Å².